The topological polar surface area (TPSA) is 90.7 Å². The average molecular weight is 468 g/mol. The predicted molar refractivity (Wildman–Crippen MR) is 140 cm³/mol. The van der Waals surface area contributed by atoms with E-state index in [1.807, 2.05) is 59.5 Å². The molecule has 0 unspecified atom stereocenters. The Bertz CT molecular complexity index is 1280. The number of carbonyl (C=O) groups is 2. The van der Waals surface area contributed by atoms with Gasteiger partial charge in [-0.15, -0.1) is 0 Å². The van der Waals surface area contributed by atoms with Crippen LogP contribution in [0.3, 0.4) is 0 Å². The van der Waals surface area contributed by atoms with Crippen molar-refractivity contribution < 1.29 is 9.59 Å². The highest BCUT2D eigenvalue weighted by Crippen LogP contribution is 2.38. The van der Waals surface area contributed by atoms with Gasteiger partial charge >= 0.3 is 0 Å². The molecule has 5 rings (SSSR count). The number of benzene rings is 3. The Labute approximate surface area is 205 Å². The number of nitrogens with zero attached hydrogens (tertiary/aromatic N) is 2. The molecule has 0 saturated carbocycles. The lowest BCUT2D eigenvalue weighted by atomic mass is 9.99. The van der Waals surface area contributed by atoms with Gasteiger partial charge in [0.2, 0.25) is 5.91 Å². The summed E-state index contributed by atoms with van der Waals surface area (Å²) in [5.41, 5.74) is 12.5. The quantitative estimate of drug-likeness (QED) is 0.392. The first-order valence-electron chi connectivity index (χ1n) is 11.8. The largest absolute Gasteiger partial charge is 0.399 e. The Morgan fingerprint density at radius 3 is 2.37 bits per heavy atom. The molecule has 178 valence electrons. The molecule has 0 aromatic heterocycles. The van der Waals surface area contributed by atoms with E-state index >= 15 is 0 Å². The molecule has 0 spiro atoms. The molecule has 7 nitrogen and oxygen atoms in total. The molecule has 1 fully saturated rings. The van der Waals surface area contributed by atoms with Gasteiger partial charge in [-0.25, -0.2) is 0 Å². The fraction of sp³-hybridized carbons (Fsp3) is 0.214. The van der Waals surface area contributed by atoms with Crippen LogP contribution in [0.1, 0.15) is 23.6 Å². The molecule has 2 aliphatic heterocycles. The zero-order chi connectivity index (χ0) is 24.4. The van der Waals surface area contributed by atoms with Crippen molar-refractivity contribution in [3.63, 3.8) is 0 Å². The molecule has 2 amide bonds. The van der Waals surface area contributed by atoms with E-state index in [0.29, 0.717) is 11.3 Å². The van der Waals surface area contributed by atoms with Crippen molar-refractivity contribution in [2.45, 2.75) is 13.5 Å². The standard InChI is InChI=1S/C28H29N5O2/c1-19(34)33-15-13-32(14-16-33)18-20-7-10-23(11-8-20)30-27(21-5-3-2-4-6-21)26-24-17-22(29)9-12-25(24)31-28(26)35/h2-12,17,30H,13-16,18,29H2,1H3,(H,31,35). The van der Waals surface area contributed by atoms with Crippen LogP contribution in [-0.4, -0.2) is 47.8 Å². The van der Waals surface area contributed by atoms with Gasteiger partial charge in [0.1, 0.15) is 0 Å². The summed E-state index contributed by atoms with van der Waals surface area (Å²) in [6.45, 7) is 5.77. The molecule has 3 aromatic carbocycles. The minimum absolute atomic E-state index is 0.143. The van der Waals surface area contributed by atoms with Crippen LogP contribution in [0, 0.1) is 0 Å². The molecule has 0 aliphatic carbocycles. The van der Waals surface area contributed by atoms with Crippen molar-refractivity contribution in [3.8, 4) is 0 Å². The third-order valence-corrected chi connectivity index (χ3v) is 6.55. The van der Waals surface area contributed by atoms with Crippen molar-refractivity contribution in [2.24, 2.45) is 0 Å². The normalized spacial score (nSPS) is 17.1. The molecule has 1 saturated heterocycles. The molecule has 4 N–H and O–H groups in total. The second kappa shape index (κ2) is 9.64. The van der Waals surface area contributed by atoms with E-state index in [1.165, 1.54) is 5.56 Å². The third-order valence-electron chi connectivity index (χ3n) is 6.55. The number of fused-ring (bicyclic) bond motifs is 1. The predicted octanol–water partition coefficient (Wildman–Crippen LogP) is 3.87. The number of amides is 2. The van der Waals surface area contributed by atoms with Crippen molar-refractivity contribution in [1.29, 1.82) is 0 Å². The first kappa shape index (κ1) is 22.7. The summed E-state index contributed by atoms with van der Waals surface area (Å²) in [5, 5.41) is 6.45. The summed E-state index contributed by atoms with van der Waals surface area (Å²) in [6.07, 6.45) is 0. The van der Waals surface area contributed by atoms with E-state index in [2.05, 4.69) is 27.7 Å². The molecular weight excluding hydrogens is 438 g/mol. The van der Waals surface area contributed by atoms with Gasteiger partial charge in [-0.2, -0.15) is 0 Å². The number of nitrogen functional groups attached to an aromatic ring is 1. The summed E-state index contributed by atoms with van der Waals surface area (Å²) in [5.74, 6) is -0.0112. The molecule has 35 heavy (non-hydrogen) atoms. The summed E-state index contributed by atoms with van der Waals surface area (Å²) >= 11 is 0. The van der Waals surface area contributed by atoms with Crippen molar-refractivity contribution >= 4 is 40.1 Å². The van der Waals surface area contributed by atoms with Crippen LogP contribution in [0.5, 0.6) is 0 Å². The summed E-state index contributed by atoms with van der Waals surface area (Å²) in [7, 11) is 0. The van der Waals surface area contributed by atoms with Crippen LogP contribution in [0.25, 0.3) is 11.3 Å². The summed E-state index contributed by atoms with van der Waals surface area (Å²) < 4.78 is 0. The lowest BCUT2D eigenvalue weighted by Gasteiger charge is -2.34. The number of nitrogens with one attached hydrogen (secondary N) is 2. The number of rotatable bonds is 5. The Hall–Kier alpha value is -4.10. The Balaban J connectivity index is 1.39. The highest BCUT2D eigenvalue weighted by atomic mass is 16.2. The zero-order valence-electron chi connectivity index (χ0n) is 19.8. The zero-order valence-corrected chi connectivity index (χ0v) is 19.8. The SMILES string of the molecule is CC(=O)N1CCN(Cc2ccc(NC(=C3C(=O)Nc4ccc(N)cc43)c3ccccc3)cc2)CC1. The number of hydrogen-bond donors (Lipinski definition) is 3. The monoisotopic (exact) mass is 467 g/mol. The Kier molecular flexibility index (Phi) is 6.25. The van der Waals surface area contributed by atoms with Gasteiger partial charge in [-0.05, 0) is 41.5 Å². The van der Waals surface area contributed by atoms with E-state index in [0.717, 1.165) is 60.9 Å². The molecular formula is C28H29N5O2. The highest BCUT2D eigenvalue weighted by molar-refractivity contribution is 6.37. The van der Waals surface area contributed by atoms with E-state index in [9.17, 15) is 9.59 Å². The van der Waals surface area contributed by atoms with Crippen LogP contribution < -0.4 is 16.4 Å². The van der Waals surface area contributed by atoms with Crippen LogP contribution in [0.15, 0.2) is 72.8 Å². The Morgan fingerprint density at radius 1 is 0.971 bits per heavy atom. The lowest BCUT2D eigenvalue weighted by molar-refractivity contribution is -0.130. The molecule has 0 radical (unpaired) electrons. The summed E-state index contributed by atoms with van der Waals surface area (Å²) in [4.78, 5) is 28.8. The number of carbonyl (C=O) groups excluding carboxylic acids is 2. The second-order valence-electron chi connectivity index (χ2n) is 8.98. The molecule has 3 aromatic rings. The maximum Gasteiger partial charge on any atom is 0.258 e. The van der Waals surface area contributed by atoms with Crippen LogP contribution in [0.2, 0.25) is 0 Å². The number of hydrogen-bond acceptors (Lipinski definition) is 5. The van der Waals surface area contributed by atoms with Gasteiger partial charge in [-0.1, -0.05) is 42.5 Å². The van der Waals surface area contributed by atoms with Crippen molar-refractivity contribution in [2.75, 3.05) is 42.5 Å². The smallest absolute Gasteiger partial charge is 0.258 e. The van der Waals surface area contributed by atoms with E-state index in [1.54, 1.807) is 13.0 Å². The van der Waals surface area contributed by atoms with E-state index in [-0.39, 0.29) is 11.8 Å². The van der Waals surface area contributed by atoms with Gasteiger partial charge in [0.05, 0.1) is 11.3 Å². The Morgan fingerprint density at radius 2 is 1.69 bits per heavy atom. The minimum Gasteiger partial charge on any atom is -0.399 e. The van der Waals surface area contributed by atoms with Crippen LogP contribution in [0.4, 0.5) is 17.1 Å². The van der Waals surface area contributed by atoms with Gasteiger partial charge in [0.25, 0.3) is 5.91 Å². The van der Waals surface area contributed by atoms with Gasteiger partial charge in [0.15, 0.2) is 0 Å². The molecule has 2 heterocycles. The van der Waals surface area contributed by atoms with Gasteiger partial charge < -0.3 is 21.3 Å². The van der Waals surface area contributed by atoms with Gasteiger partial charge in [-0.3, -0.25) is 14.5 Å². The fourth-order valence-electron chi connectivity index (χ4n) is 4.63. The van der Waals surface area contributed by atoms with E-state index in [4.69, 9.17) is 5.73 Å². The lowest BCUT2D eigenvalue weighted by Crippen LogP contribution is -2.47. The van der Waals surface area contributed by atoms with Crippen molar-refractivity contribution in [3.05, 3.63) is 89.5 Å². The highest BCUT2D eigenvalue weighted by Gasteiger charge is 2.28. The first-order chi connectivity index (χ1) is 17.0. The molecule has 0 bridgehead atoms. The molecule has 2 aliphatic rings. The number of anilines is 3. The summed E-state index contributed by atoms with van der Waals surface area (Å²) in [6, 6.07) is 23.6. The van der Waals surface area contributed by atoms with Crippen molar-refractivity contribution in [1.82, 2.24) is 9.80 Å². The molecule has 0 atom stereocenters. The van der Waals surface area contributed by atoms with E-state index < -0.39 is 0 Å². The molecule has 7 heteroatoms. The van der Waals surface area contributed by atoms with Crippen LogP contribution >= 0.6 is 0 Å². The number of piperazine rings is 1. The third kappa shape index (κ3) is 4.90. The maximum atomic E-state index is 13.0. The second-order valence-corrected chi connectivity index (χ2v) is 8.98. The minimum atomic E-state index is -0.154. The first-order valence-corrected chi connectivity index (χ1v) is 11.8. The van der Waals surface area contributed by atoms with Gasteiger partial charge in [0, 0.05) is 62.3 Å². The maximum absolute atomic E-state index is 13.0. The fourth-order valence-corrected chi connectivity index (χ4v) is 4.63. The average Bonchev–Trinajstić information content (AvgIpc) is 3.19. The number of nitrogens with two attached hydrogens (primary N) is 1. The van der Waals surface area contributed by atoms with Crippen LogP contribution in [-0.2, 0) is 16.1 Å².